The second-order valence-electron chi connectivity index (χ2n) is 6.39. The van der Waals surface area contributed by atoms with Gasteiger partial charge >= 0.3 is 0 Å². The van der Waals surface area contributed by atoms with Gasteiger partial charge in [0.25, 0.3) is 0 Å². The third-order valence-corrected chi connectivity index (χ3v) is 4.26. The van der Waals surface area contributed by atoms with E-state index in [-0.39, 0.29) is 41.8 Å². The Morgan fingerprint density at radius 3 is 2.64 bits per heavy atom. The van der Waals surface area contributed by atoms with E-state index in [1.54, 1.807) is 0 Å². The van der Waals surface area contributed by atoms with Gasteiger partial charge in [-0.15, -0.1) is 24.0 Å². The molecule has 1 unspecified atom stereocenters. The monoisotopic (exact) mass is 478 g/mol. The van der Waals surface area contributed by atoms with Gasteiger partial charge in [-0.3, -0.25) is 4.79 Å². The molecule has 1 heterocycles. The molecule has 1 aromatic carbocycles. The number of hydrogen-bond donors (Lipinski definition) is 2. The molecule has 2 N–H and O–H groups in total. The highest BCUT2D eigenvalue weighted by molar-refractivity contribution is 14.0. The third-order valence-electron chi connectivity index (χ3n) is 4.01. The second kappa shape index (κ2) is 10.9. The number of hydrogen-bond acceptors (Lipinski definition) is 2. The van der Waals surface area contributed by atoms with Gasteiger partial charge in [0.2, 0.25) is 5.91 Å². The zero-order chi connectivity index (χ0) is 17.5. The summed E-state index contributed by atoms with van der Waals surface area (Å²) in [7, 11) is 0. The number of aliphatic imine (C=N–C) groups is 1. The summed E-state index contributed by atoms with van der Waals surface area (Å²) in [4.78, 5) is 18.6. The number of benzene rings is 1. The number of likely N-dealkylation sites (tertiary alicyclic amines) is 1. The Morgan fingerprint density at radius 1 is 1.36 bits per heavy atom. The molecule has 0 saturated carbocycles. The van der Waals surface area contributed by atoms with E-state index >= 15 is 0 Å². The summed E-state index contributed by atoms with van der Waals surface area (Å²) in [5.41, 5.74) is 1.11. The van der Waals surface area contributed by atoms with Crippen LogP contribution in [0.2, 0.25) is 5.02 Å². The fourth-order valence-corrected chi connectivity index (χ4v) is 2.84. The van der Waals surface area contributed by atoms with Gasteiger partial charge in [-0.1, -0.05) is 37.6 Å². The van der Waals surface area contributed by atoms with Crippen molar-refractivity contribution in [1.29, 1.82) is 0 Å². The van der Waals surface area contributed by atoms with E-state index < -0.39 is 0 Å². The van der Waals surface area contributed by atoms with E-state index in [9.17, 15) is 4.79 Å². The topological polar surface area (TPSA) is 56.7 Å². The standard InChI is InChI=1S/C18H27ClN4O.HI/c1-4-20-18(21-11-14-5-7-15(19)8-6-14)22-16-9-10-23(12-16)17(24)13(2)3;/h5-8,13,16H,4,9-12H2,1-3H3,(H2,20,21,22);1H. The van der Waals surface area contributed by atoms with Crippen LogP contribution < -0.4 is 10.6 Å². The Kier molecular flexibility index (Phi) is 9.56. The molecule has 1 aliphatic rings. The first-order valence-corrected chi connectivity index (χ1v) is 8.95. The maximum Gasteiger partial charge on any atom is 0.225 e. The molecule has 25 heavy (non-hydrogen) atoms. The molecule has 1 aromatic rings. The van der Waals surface area contributed by atoms with Crippen LogP contribution in [0.15, 0.2) is 29.3 Å². The molecule has 1 fully saturated rings. The van der Waals surface area contributed by atoms with Gasteiger partial charge in [0, 0.05) is 36.6 Å². The van der Waals surface area contributed by atoms with Crippen LogP contribution in [0.4, 0.5) is 0 Å². The summed E-state index contributed by atoms with van der Waals surface area (Å²) in [6.07, 6.45) is 0.948. The van der Waals surface area contributed by atoms with Crippen LogP contribution in [0.25, 0.3) is 0 Å². The highest BCUT2D eigenvalue weighted by Gasteiger charge is 2.27. The zero-order valence-corrected chi connectivity index (χ0v) is 18.2. The van der Waals surface area contributed by atoms with Gasteiger partial charge in [-0.05, 0) is 31.0 Å². The Labute approximate surface area is 172 Å². The number of nitrogens with one attached hydrogen (secondary N) is 2. The maximum atomic E-state index is 12.1. The number of nitrogens with zero attached hydrogens (tertiary/aromatic N) is 2. The van der Waals surface area contributed by atoms with Crippen molar-refractivity contribution < 1.29 is 4.79 Å². The van der Waals surface area contributed by atoms with Crippen molar-refractivity contribution >= 4 is 47.4 Å². The van der Waals surface area contributed by atoms with Crippen molar-refractivity contribution in [2.75, 3.05) is 19.6 Å². The Morgan fingerprint density at radius 2 is 2.04 bits per heavy atom. The number of halogens is 2. The molecule has 2 rings (SSSR count). The van der Waals surface area contributed by atoms with Crippen LogP contribution in [0.1, 0.15) is 32.8 Å². The summed E-state index contributed by atoms with van der Waals surface area (Å²) in [5.74, 6) is 1.06. The number of carbonyl (C=O) groups excluding carboxylic acids is 1. The van der Waals surface area contributed by atoms with Crippen molar-refractivity contribution in [3.05, 3.63) is 34.9 Å². The smallest absolute Gasteiger partial charge is 0.225 e. The van der Waals surface area contributed by atoms with Crippen molar-refractivity contribution in [1.82, 2.24) is 15.5 Å². The molecule has 1 aliphatic heterocycles. The van der Waals surface area contributed by atoms with Gasteiger partial charge in [0.1, 0.15) is 0 Å². The summed E-state index contributed by atoms with van der Waals surface area (Å²) in [6, 6.07) is 7.95. The minimum Gasteiger partial charge on any atom is -0.357 e. The Balaban J connectivity index is 0.00000312. The van der Waals surface area contributed by atoms with E-state index in [0.29, 0.717) is 6.54 Å². The largest absolute Gasteiger partial charge is 0.357 e. The molecule has 5 nitrogen and oxygen atoms in total. The van der Waals surface area contributed by atoms with Crippen LogP contribution >= 0.6 is 35.6 Å². The molecule has 140 valence electrons. The van der Waals surface area contributed by atoms with Crippen LogP contribution in [-0.4, -0.2) is 42.4 Å². The molecule has 1 atom stereocenters. The van der Waals surface area contributed by atoms with E-state index in [0.717, 1.165) is 42.6 Å². The first kappa shape index (κ1) is 22.0. The van der Waals surface area contributed by atoms with E-state index in [4.69, 9.17) is 11.6 Å². The van der Waals surface area contributed by atoms with Crippen LogP contribution in [0.5, 0.6) is 0 Å². The predicted octanol–water partition coefficient (Wildman–Crippen LogP) is 3.27. The molecule has 1 saturated heterocycles. The molecule has 0 aromatic heterocycles. The highest BCUT2D eigenvalue weighted by atomic mass is 127. The predicted molar refractivity (Wildman–Crippen MR) is 115 cm³/mol. The fraction of sp³-hybridized carbons (Fsp3) is 0.556. The molecule has 1 amide bonds. The van der Waals surface area contributed by atoms with Gasteiger partial charge < -0.3 is 15.5 Å². The lowest BCUT2D eigenvalue weighted by atomic mass is 10.2. The number of amides is 1. The molecule has 0 radical (unpaired) electrons. The van der Waals surface area contributed by atoms with Gasteiger partial charge in [-0.2, -0.15) is 0 Å². The highest BCUT2D eigenvalue weighted by Crippen LogP contribution is 2.13. The first-order valence-electron chi connectivity index (χ1n) is 8.57. The number of carbonyl (C=O) groups is 1. The minimum absolute atomic E-state index is 0. The lowest BCUT2D eigenvalue weighted by molar-refractivity contribution is -0.133. The minimum atomic E-state index is 0. The quantitative estimate of drug-likeness (QED) is 0.388. The van der Waals surface area contributed by atoms with Gasteiger partial charge in [0.15, 0.2) is 5.96 Å². The molecule has 0 spiro atoms. The SMILES string of the molecule is CCNC(=NCc1ccc(Cl)cc1)NC1CCN(C(=O)C(C)C)C1.I. The Bertz CT molecular complexity index is 577. The molecule has 0 bridgehead atoms. The molecule has 0 aliphatic carbocycles. The summed E-state index contributed by atoms with van der Waals surface area (Å²) < 4.78 is 0. The zero-order valence-electron chi connectivity index (χ0n) is 15.1. The van der Waals surface area contributed by atoms with Crippen LogP contribution in [0, 0.1) is 5.92 Å². The first-order chi connectivity index (χ1) is 11.5. The van der Waals surface area contributed by atoms with E-state index in [1.165, 1.54) is 0 Å². The average molecular weight is 479 g/mol. The molecular weight excluding hydrogens is 451 g/mol. The molecular formula is C18H28ClIN4O. The van der Waals surface area contributed by atoms with Gasteiger partial charge in [0.05, 0.1) is 6.54 Å². The lowest BCUT2D eigenvalue weighted by Gasteiger charge is -2.20. The summed E-state index contributed by atoms with van der Waals surface area (Å²) in [5, 5.41) is 7.44. The number of rotatable bonds is 5. The van der Waals surface area contributed by atoms with Crippen LogP contribution in [-0.2, 0) is 11.3 Å². The fourth-order valence-electron chi connectivity index (χ4n) is 2.72. The summed E-state index contributed by atoms with van der Waals surface area (Å²) >= 11 is 5.91. The second-order valence-corrected chi connectivity index (χ2v) is 6.83. The van der Waals surface area contributed by atoms with E-state index in [1.807, 2.05) is 49.9 Å². The molecule has 7 heteroatoms. The average Bonchev–Trinajstić information content (AvgIpc) is 3.02. The number of guanidine groups is 1. The maximum absolute atomic E-state index is 12.1. The normalized spacial score (nSPS) is 17.4. The Hall–Kier alpha value is -1.02. The van der Waals surface area contributed by atoms with Crippen molar-refractivity contribution in [3.8, 4) is 0 Å². The summed E-state index contributed by atoms with van der Waals surface area (Å²) in [6.45, 7) is 8.87. The van der Waals surface area contributed by atoms with Crippen molar-refractivity contribution in [3.63, 3.8) is 0 Å². The van der Waals surface area contributed by atoms with Crippen molar-refractivity contribution in [2.24, 2.45) is 10.9 Å². The third kappa shape index (κ3) is 7.01. The van der Waals surface area contributed by atoms with E-state index in [2.05, 4.69) is 15.6 Å². The van der Waals surface area contributed by atoms with Crippen molar-refractivity contribution in [2.45, 2.75) is 39.8 Å². The van der Waals surface area contributed by atoms with Crippen LogP contribution in [0.3, 0.4) is 0 Å². The van der Waals surface area contributed by atoms with Gasteiger partial charge in [-0.25, -0.2) is 4.99 Å². The lowest BCUT2D eigenvalue weighted by Crippen LogP contribution is -2.45.